The van der Waals surface area contributed by atoms with Gasteiger partial charge in [0.15, 0.2) is 5.96 Å². The van der Waals surface area contributed by atoms with Gasteiger partial charge in [-0.25, -0.2) is 8.42 Å². The summed E-state index contributed by atoms with van der Waals surface area (Å²) in [4.78, 5) is 8.87. The van der Waals surface area contributed by atoms with E-state index in [0.717, 1.165) is 44.0 Å². The number of unbranched alkanes of at least 4 members (excludes halogenated alkanes) is 1. The first-order valence-electron chi connectivity index (χ1n) is 9.69. The van der Waals surface area contributed by atoms with Crippen LogP contribution in [-0.4, -0.2) is 82.3 Å². The van der Waals surface area contributed by atoms with E-state index in [4.69, 9.17) is 0 Å². The molecule has 1 aliphatic heterocycles. The molecule has 1 fully saturated rings. The normalized spacial score (nSPS) is 16.2. The molecule has 1 aromatic rings. The molecule has 0 radical (unpaired) electrons. The number of guanidine groups is 1. The number of hydrogen-bond donors (Lipinski definition) is 1. The molecule has 0 bridgehead atoms. The number of benzene rings is 1. The van der Waals surface area contributed by atoms with Crippen molar-refractivity contribution in [1.82, 2.24) is 19.4 Å². The van der Waals surface area contributed by atoms with Crippen LogP contribution in [0.4, 0.5) is 0 Å². The summed E-state index contributed by atoms with van der Waals surface area (Å²) in [5, 5.41) is 3.29. The van der Waals surface area contributed by atoms with E-state index in [1.165, 1.54) is 0 Å². The molecule has 7 nitrogen and oxygen atoms in total. The molecule has 0 amide bonds. The average molecular weight is 535 g/mol. The predicted molar refractivity (Wildman–Crippen MR) is 130 cm³/mol. The van der Waals surface area contributed by atoms with Crippen LogP contribution in [0.25, 0.3) is 0 Å². The highest BCUT2D eigenvalue weighted by Gasteiger charge is 2.29. The van der Waals surface area contributed by atoms with Crippen molar-refractivity contribution < 1.29 is 8.42 Å². The highest BCUT2D eigenvalue weighted by molar-refractivity contribution is 14.0. The number of nitrogens with zero attached hydrogens (tertiary/aromatic N) is 4. The van der Waals surface area contributed by atoms with E-state index in [0.29, 0.717) is 24.5 Å². The van der Waals surface area contributed by atoms with E-state index in [-0.39, 0.29) is 24.0 Å². The molecule has 1 aromatic carbocycles. The SMILES string of the molecule is C=CCCCN(C)C(=NC)NCc1ccccc1S(=O)(=O)N1CCN(C)CC1.I. The smallest absolute Gasteiger partial charge is 0.243 e. The van der Waals surface area contributed by atoms with Crippen LogP contribution in [0.15, 0.2) is 46.8 Å². The number of hydrogen-bond acceptors (Lipinski definition) is 4. The zero-order valence-electron chi connectivity index (χ0n) is 17.7. The highest BCUT2D eigenvalue weighted by Crippen LogP contribution is 2.21. The van der Waals surface area contributed by atoms with E-state index < -0.39 is 10.0 Å². The summed E-state index contributed by atoms with van der Waals surface area (Å²) in [7, 11) is 2.22. The van der Waals surface area contributed by atoms with Gasteiger partial charge in [-0.05, 0) is 31.5 Å². The molecule has 1 heterocycles. The number of piperazine rings is 1. The highest BCUT2D eigenvalue weighted by atomic mass is 127. The van der Waals surface area contributed by atoms with Gasteiger partial charge in [-0.1, -0.05) is 24.3 Å². The second-order valence-electron chi connectivity index (χ2n) is 7.07. The monoisotopic (exact) mass is 535 g/mol. The zero-order chi connectivity index (χ0) is 20.6. The quantitative estimate of drug-likeness (QED) is 0.182. The summed E-state index contributed by atoms with van der Waals surface area (Å²) in [6.07, 6.45) is 3.85. The number of allylic oxidation sites excluding steroid dienone is 1. The van der Waals surface area contributed by atoms with Gasteiger partial charge < -0.3 is 15.1 Å². The summed E-state index contributed by atoms with van der Waals surface area (Å²) < 4.78 is 27.9. The summed E-state index contributed by atoms with van der Waals surface area (Å²) in [5.74, 6) is 0.746. The fourth-order valence-corrected chi connectivity index (χ4v) is 4.85. The molecular formula is C20H34IN5O2S. The van der Waals surface area contributed by atoms with Crippen LogP contribution in [0.5, 0.6) is 0 Å². The molecule has 0 spiro atoms. The van der Waals surface area contributed by atoms with Gasteiger partial charge in [0.05, 0.1) is 4.90 Å². The molecule has 2 rings (SSSR count). The first-order valence-corrected chi connectivity index (χ1v) is 11.1. The largest absolute Gasteiger partial charge is 0.352 e. The molecule has 0 saturated carbocycles. The summed E-state index contributed by atoms with van der Waals surface area (Å²) >= 11 is 0. The Bertz CT molecular complexity index is 777. The lowest BCUT2D eigenvalue weighted by atomic mass is 10.2. The van der Waals surface area contributed by atoms with Crippen molar-refractivity contribution in [2.24, 2.45) is 4.99 Å². The predicted octanol–water partition coefficient (Wildman–Crippen LogP) is 2.21. The number of nitrogens with one attached hydrogen (secondary N) is 1. The molecule has 1 aliphatic rings. The number of likely N-dealkylation sites (N-methyl/N-ethyl adjacent to an activating group) is 1. The van der Waals surface area contributed by atoms with Crippen molar-refractivity contribution in [2.75, 3.05) is 53.9 Å². The second kappa shape index (κ2) is 12.5. The van der Waals surface area contributed by atoms with E-state index >= 15 is 0 Å². The molecule has 164 valence electrons. The Balaban J connectivity index is 0.00000420. The van der Waals surface area contributed by atoms with Crippen LogP contribution in [0.2, 0.25) is 0 Å². The van der Waals surface area contributed by atoms with E-state index in [1.54, 1.807) is 23.5 Å². The Morgan fingerprint density at radius 3 is 2.55 bits per heavy atom. The zero-order valence-corrected chi connectivity index (χ0v) is 20.8. The molecule has 0 aliphatic carbocycles. The van der Waals surface area contributed by atoms with Gasteiger partial charge in [0.2, 0.25) is 10.0 Å². The molecule has 1 N–H and O–H groups in total. The number of aliphatic imine (C=N–C) groups is 1. The Kier molecular flexibility index (Phi) is 11.2. The number of halogens is 1. The van der Waals surface area contributed by atoms with Crippen LogP contribution >= 0.6 is 24.0 Å². The van der Waals surface area contributed by atoms with Crippen molar-refractivity contribution >= 4 is 40.0 Å². The van der Waals surface area contributed by atoms with Crippen LogP contribution in [0.1, 0.15) is 18.4 Å². The van der Waals surface area contributed by atoms with Crippen LogP contribution in [0.3, 0.4) is 0 Å². The van der Waals surface area contributed by atoms with Crippen LogP contribution in [0, 0.1) is 0 Å². The fraction of sp³-hybridized carbons (Fsp3) is 0.550. The van der Waals surface area contributed by atoms with Gasteiger partial charge in [0, 0.05) is 53.4 Å². The maximum atomic E-state index is 13.2. The average Bonchev–Trinajstić information content (AvgIpc) is 2.69. The maximum Gasteiger partial charge on any atom is 0.243 e. The van der Waals surface area contributed by atoms with Gasteiger partial charge in [-0.3, -0.25) is 4.99 Å². The van der Waals surface area contributed by atoms with E-state index in [9.17, 15) is 8.42 Å². The lowest BCUT2D eigenvalue weighted by molar-refractivity contribution is 0.222. The molecule has 0 aromatic heterocycles. The van der Waals surface area contributed by atoms with Crippen molar-refractivity contribution in [3.05, 3.63) is 42.5 Å². The second-order valence-corrected chi connectivity index (χ2v) is 8.97. The van der Waals surface area contributed by atoms with Gasteiger partial charge >= 0.3 is 0 Å². The third-order valence-electron chi connectivity index (χ3n) is 4.96. The van der Waals surface area contributed by atoms with E-state index in [2.05, 4.69) is 21.8 Å². The molecule has 0 atom stereocenters. The Morgan fingerprint density at radius 1 is 1.28 bits per heavy atom. The summed E-state index contributed by atoms with van der Waals surface area (Å²) in [6.45, 7) is 7.55. The fourth-order valence-electron chi connectivity index (χ4n) is 3.21. The van der Waals surface area contributed by atoms with E-state index in [1.807, 2.05) is 37.2 Å². The van der Waals surface area contributed by atoms with Crippen molar-refractivity contribution in [1.29, 1.82) is 0 Å². The van der Waals surface area contributed by atoms with Gasteiger partial charge in [0.25, 0.3) is 0 Å². The summed E-state index contributed by atoms with van der Waals surface area (Å²) in [6, 6.07) is 7.21. The minimum atomic E-state index is -3.51. The molecular weight excluding hydrogens is 501 g/mol. The molecule has 1 saturated heterocycles. The van der Waals surface area contributed by atoms with Crippen LogP contribution in [-0.2, 0) is 16.6 Å². The number of rotatable bonds is 8. The topological polar surface area (TPSA) is 68.2 Å². The number of sulfonamides is 1. The third-order valence-corrected chi connectivity index (χ3v) is 6.96. The summed E-state index contributed by atoms with van der Waals surface area (Å²) in [5.41, 5.74) is 0.752. The Hall–Kier alpha value is -1.17. The Morgan fingerprint density at radius 2 is 1.93 bits per heavy atom. The lowest BCUT2D eigenvalue weighted by Gasteiger charge is -2.32. The van der Waals surface area contributed by atoms with Gasteiger partial charge in [-0.15, -0.1) is 30.6 Å². The standard InChI is InChI=1S/C20H33N5O2S.HI/c1-5-6-9-12-24(4)20(21-2)22-17-18-10-7-8-11-19(18)28(26,27)25-15-13-23(3)14-16-25;/h5,7-8,10-11H,1,6,9,12-17H2,2-4H3,(H,21,22);1H. The van der Waals surface area contributed by atoms with Crippen LogP contribution < -0.4 is 5.32 Å². The molecule has 29 heavy (non-hydrogen) atoms. The van der Waals surface area contributed by atoms with Crippen molar-refractivity contribution in [3.63, 3.8) is 0 Å². The first kappa shape index (κ1) is 25.9. The third kappa shape index (κ3) is 7.23. The minimum Gasteiger partial charge on any atom is -0.352 e. The maximum absolute atomic E-state index is 13.2. The van der Waals surface area contributed by atoms with Gasteiger partial charge in [-0.2, -0.15) is 4.31 Å². The van der Waals surface area contributed by atoms with Crippen molar-refractivity contribution in [3.8, 4) is 0 Å². The lowest BCUT2D eigenvalue weighted by Crippen LogP contribution is -2.47. The minimum absolute atomic E-state index is 0. The first-order chi connectivity index (χ1) is 13.4. The Labute approximate surface area is 192 Å². The van der Waals surface area contributed by atoms with Crippen molar-refractivity contribution in [2.45, 2.75) is 24.3 Å². The van der Waals surface area contributed by atoms with Gasteiger partial charge in [0.1, 0.15) is 0 Å². The molecule has 9 heteroatoms. The molecule has 0 unspecified atom stereocenters.